The van der Waals surface area contributed by atoms with E-state index in [-0.39, 0.29) is 0 Å². The Morgan fingerprint density at radius 1 is 1.35 bits per heavy atom. The maximum absolute atomic E-state index is 3.52. The minimum atomic E-state index is 0.562. The van der Waals surface area contributed by atoms with Crippen molar-refractivity contribution in [1.82, 2.24) is 10.2 Å². The van der Waals surface area contributed by atoms with E-state index in [1.165, 1.54) is 42.0 Å². The van der Waals surface area contributed by atoms with E-state index in [9.17, 15) is 0 Å². The highest BCUT2D eigenvalue weighted by molar-refractivity contribution is 7.12. The van der Waals surface area contributed by atoms with Crippen molar-refractivity contribution in [3.05, 3.63) is 21.4 Å². The van der Waals surface area contributed by atoms with E-state index in [1.54, 1.807) is 5.56 Å². The lowest BCUT2D eigenvalue weighted by Gasteiger charge is -2.27. The molecule has 0 saturated heterocycles. The first kappa shape index (κ1) is 16.0. The van der Waals surface area contributed by atoms with Gasteiger partial charge in [0.15, 0.2) is 0 Å². The lowest BCUT2D eigenvalue weighted by atomic mass is 10.1. The van der Waals surface area contributed by atoms with Crippen LogP contribution in [-0.4, -0.2) is 23.5 Å². The molecule has 0 radical (unpaired) electrons. The summed E-state index contributed by atoms with van der Waals surface area (Å²) in [6.07, 6.45) is 5.65. The number of aryl methyl sites for hydroxylation is 1. The van der Waals surface area contributed by atoms with Crippen molar-refractivity contribution in [3.63, 3.8) is 0 Å². The van der Waals surface area contributed by atoms with Crippen molar-refractivity contribution in [1.29, 1.82) is 0 Å². The van der Waals surface area contributed by atoms with Gasteiger partial charge in [-0.25, -0.2) is 0 Å². The molecule has 1 aromatic rings. The van der Waals surface area contributed by atoms with Gasteiger partial charge in [0.05, 0.1) is 0 Å². The molecule has 1 saturated carbocycles. The first-order valence-corrected chi connectivity index (χ1v) is 8.97. The predicted molar refractivity (Wildman–Crippen MR) is 89.4 cm³/mol. The van der Waals surface area contributed by atoms with Crippen molar-refractivity contribution in [2.45, 2.75) is 78.6 Å². The van der Waals surface area contributed by atoms with E-state index in [2.05, 4.69) is 44.0 Å². The Hall–Kier alpha value is -0.380. The summed E-state index contributed by atoms with van der Waals surface area (Å²) in [5.41, 5.74) is 1.55. The second kappa shape index (κ2) is 7.58. The maximum Gasteiger partial charge on any atom is 0.0302 e. The first-order chi connectivity index (χ1) is 9.60. The second-order valence-electron chi connectivity index (χ2n) is 6.33. The molecule has 2 rings (SSSR count). The molecule has 114 valence electrons. The highest BCUT2D eigenvalue weighted by atomic mass is 32.1. The van der Waals surface area contributed by atoms with Gasteiger partial charge in [-0.1, -0.05) is 33.6 Å². The smallest absolute Gasteiger partial charge is 0.0302 e. The summed E-state index contributed by atoms with van der Waals surface area (Å²) >= 11 is 1.96. The number of hydrogen-bond acceptors (Lipinski definition) is 3. The largest absolute Gasteiger partial charge is 0.310 e. The van der Waals surface area contributed by atoms with Gasteiger partial charge in [-0.15, -0.1) is 11.3 Å². The minimum Gasteiger partial charge on any atom is -0.310 e. The third-order valence-corrected chi connectivity index (χ3v) is 5.47. The zero-order valence-electron chi connectivity index (χ0n) is 13.5. The fraction of sp³-hybridized carbons (Fsp3) is 0.765. The maximum atomic E-state index is 3.52. The zero-order chi connectivity index (χ0) is 14.5. The summed E-state index contributed by atoms with van der Waals surface area (Å²) in [5.74, 6) is 0. The van der Waals surface area contributed by atoms with Crippen LogP contribution in [0.1, 0.15) is 61.8 Å². The van der Waals surface area contributed by atoms with Crippen LogP contribution >= 0.6 is 11.3 Å². The van der Waals surface area contributed by atoms with Crippen LogP contribution in [0.4, 0.5) is 0 Å². The van der Waals surface area contributed by atoms with Gasteiger partial charge in [0.25, 0.3) is 0 Å². The average molecular weight is 295 g/mol. The Labute approximate surface area is 128 Å². The zero-order valence-corrected chi connectivity index (χ0v) is 14.4. The summed E-state index contributed by atoms with van der Waals surface area (Å²) in [4.78, 5) is 5.66. The molecule has 0 amide bonds. The molecule has 1 N–H and O–H groups in total. The van der Waals surface area contributed by atoms with Crippen molar-refractivity contribution < 1.29 is 0 Å². The number of rotatable bonds is 7. The third-order valence-electron chi connectivity index (χ3n) is 4.38. The van der Waals surface area contributed by atoms with Gasteiger partial charge in [0.1, 0.15) is 0 Å². The number of hydrogen-bond donors (Lipinski definition) is 1. The van der Waals surface area contributed by atoms with Crippen LogP contribution in [0, 0.1) is 6.92 Å². The molecule has 1 heterocycles. The molecule has 2 nitrogen and oxygen atoms in total. The van der Waals surface area contributed by atoms with Crippen LogP contribution in [0.15, 0.2) is 6.07 Å². The van der Waals surface area contributed by atoms with Crippen LogP contribution in [0.25, 0.3) is 0 Å². The lowest BCUT2D eigenvalue weighted by molar-refractivity contribution is 0.200. The van der Waals surface area contributed by atoms with Crippen LogP contribution in [-0.2, 0) is 13.1 Å². The molecule has 20 heavy (non-hydrogen) atoms. The molecule has 0 bridgehead atoms. The van der Waals surface area contributed by atoms with E-state index >= 15 is 0 Å². The SMILES string of the molecule is CCN(Cc1cc(CNC(C)C)sc1C)C1CCCC1. The molecule has 1 aliphatic rings. The van der Waals surface area contributed by atoms with Gasteiger partial charge in [-0.05, 0) is 37.9 Å². The normalized spacial score (nSPS) is 16.7. The molecule has 0 aliphatic heterocycles. The summed E-state index contributed by atoms with van der Waals surface area (Å²) in [7, 11) is 0. The van der Waals surface area contributed by atoms with E-state index in [0.717, 1.165) is 19.1 Å². The monoisotopic (exact) mass is 294 g/mol. The summed E-state index contributed by atoms with van der Waals surface area (Å²) in [6.45, 7) is 12.3. The molecular weight excluding hydrogens is 264 g/mol. The number of nitrogens with zero attached hydrogens (tertiary/aromatic N) is 1. The molecule has 1 aliphatic carbocycles. The van der Waals surface area contributed by atoms with E-state index < -0.39 is 0 Å². The quantitative estimate of drug-likeness (QED) is 0.805. The topological polar surface area (TPSA) is 15.3 Å². The van der Waals surface area contributed by atoms with Gasteiger partial charge in [-0.3, -0.25) is 4.90 Å². The Morgan fingerprint density at radius 3 is 2.65 bits per heavy atom. The van der Waals surface area contributed by atoms with Crippen LogP contribution in [0.5, 0.6) is 0 Å². The van der Waals surface area contributed by atoms with Gasteiger partial charge in [0.2, 0.25) is 0 Å². The molecule has 0 spiro atoms. The van der Waals surface area contributed by atoms with Crippen molar-refractivity contribution >= 4 is 11.3 Å². The van der Waals surface area contributed by atoms with Crippen LogP contribution < -0.4 is 5.32 Å². The summed E-state index contributed by atoms with van der Waals surface area (Å²) < 4.78 is 0. The fourth-order valence-corrected chi connectivity index (χ4v) is 4.13. The van der Waals surface area contributed by atoms with Crippen molar-refractivity contribution in [2.75, 3.05) is 6.54 Å². The molecule has 0 aromatic carbocycles. The Morgan fingerprint density at radius 2 is 2.05 bits per heavy atom. The third kappa shape index (κ3) is 4.31. The lowest BCUT2D eigenvalue weighted by Crippen LogP contribution is -2.32. The Kier molecular flexibility index (Phi) is 6.06. The van der Waals surface area contributed by atoms with Gasteiger partial charge in [-0.2, -0.15) is 0 Å². The average Bonchev–Trinajstić information content (AvgIpc) is 3.03. The molecular formula is C17H30N2S. The van der Waals surface area contributed by atoms with Gasteiger partial charge < -0.3 is 5.32 Å². The molecule has 3 heteroatoms. The minimum absolute atomic E-state index is 0.562. The van der Waals surface area contributed by atoms with Gasteiger partial charge in [0, 0.05) is 34.9 Å². The van der Waals surface area contributed by atoms with Crippen molar-refractivity contribution in [3.8, 4) is 0 Å². The predicted octanol–water partition coefficient (Wildman–Crippen LogP) is 4.32. The summed E-state index contributed by atoms with van der Waals surface area (Å²) in [6, 6.07) is 3.82. The van der Waals surface area contributed by atoms with Crippen molar-refractivity contribution in [2.24, 2.45) is 0 Å². The summed E-state index contributed by atoms with van der Waals surface area (Å²) in [5, 5.41) is 3.52. The fourth-order valence-electron chi connectivity index (χ4n) is 3.12. The Balaban J connectivity index is 1.96. The Bertz CT molecular complexity index is 405. The molecule has 1 fully saturated rings. The standard InChI is InChI=1S/C17H30N2S/c1-5-19(16-8-6-7-9-16)12-15-10-17(20-14(15)4)11-18-13(2)3/h10,13,16,18H,5-9,11-12H2,1-4H3. The van der Waals surface area contributed by atoms with Crippen LogP contribution in [0.2, 0.25) is 0 Å². The highest BCUT2D eigenvalue weighted by Crippen LogP contribution is 2.28. The van der Waals surface area contributed by atoms with Crippen LogP contribution in [0.3, 0.4) is 0 Å². The molecule has 0 unspecified atom stereocenters. The number of thiophene rings is 1. The number of nitrogens with one attached hydrogen (secondary N) is 1. The van der Waals surface area contributed by atoms with E-state index in [4.69, 9.17) is 0 Å². The highest BCUT2D eigenvalue weighted by Gasteiger charge is 2.22. The van der Waals surface area contributed by atoms with E-state index in [0.29, 0.717) is 6.04 Å². The van der Waals surface area contributed by atoms with E-state index in [1.807, 2.05) is 11.3 Å². The molecule has 1 aromatic heterocycles. The second-order valence-corrected chi connectivity index (χ2v) is 7.67. The first-order valence-electron chi connectivity index (χ1n) is 8.15. The van der Waals surface area contributed by atoms with Gasteiger partial charge >= 0.3 is 0 Å². The molecule has 0 atom stereocenters.